The molecule has 0 aromatic heterocycles. The minimum absolute atomic E-state index is 0.530. The number of hydrogen-bond donors (Lipinski definition) is 1. The second-order valence-corrected chi connectivity index (χ2v) is 5.71. The second kappa shape index (κ2) is 4.91. The standard InChI is InChI=1S/C15H18ClNO/c1-14(18,12-7-3-4-8-13(12)16)15(11-17)9-5-2-6-10-15/h3-4,7-8,18H,2,5-6,9-10H2,1H3. The lowest BCUT2D eigenvalue weighted by Gasteiger charge is -2.43. The number of benzene rings is 1. The molecule has 0 bridgehead atoms. The maximum Gasteiger partial charge on any atom is 0.107 e. The SMILES string of the molecule is CC(O)(c1ccccc1Cl)C1(C#N)CCCCC1. The van der Waals surface area contributed by atoms with Crippen LogP contribution in [-0.2, 0) is 5.60 Å². The number of nitrogens with zero attached hydrogens (tertiary/aromatic N) is 1. The molecule has 1 aromatic carbocycles. The van der Waals surface area contributed by atoms with E-state index in [2.05, 4.69) is 6.07 Å². The molecule has 1 aliphatic carbocycles. The molecule has 3 heteroatoms. The maximum atomic E-state index is 10.9. The van der Waals surface area contributed by atoms with Crippen molar-refractivity contribution in [1.29, 1.82) is 5.26 Å². The first-order valence-corrected chi connectivity index (χ1v) is 6.80. The summed E-state index contributed by atoms with van der Waals surface area (Å²) in [5.41, 5.74) is -1.24. The molecule has 1 N–H and O–H groups in total. The van der Waals surface area contributed by atoms with Gasteiger partial charge in [-0.25, -0.2) is 0 Å². The summed E-state index contributed by atoms with van der Waals surface area (Å²) in [6.45, 7) is 1.72. The van der Waals surface area contributed by atoms with Crippen molar-refractivity contribution in [2.75, 3.05) is 0 Å². The van der Waals surface area contributed by atoms with Gasteiger partial charge in [0.1, 0.15) is 5.60 Å². The van der Waals surface area contributed by atoms with E-state index in [-0.39, 0.29) is 0 Å². The first-order chi connectivity index (χ1) is 8.53. The van der Waals surface area contributed by atoms with Crippen molar-refractivity contribution in [3.05, 3.63) is 34.9 Å². The van der Waals surface area contributed by atoms with Crippen LogP contribution in [0.5, 0.6) is 0 Å². The quantitative estimate of drug-likeness (QED) is 0.876. The Bertz CT molecular complexity index is 470. The number of nitriles is 1. The molecule has 2 nitrogen and oxygen atoms in total. The summed E-state index contributed by atoms with van der Waals surface area (Å²) < 4.78 is 0. The molecule has 1 aliphatic rings. The van der Waals surface area contributed by atoms with Crippen LogP contribution in [0.4, 0.5) is 0 Å². The number of halogens is 1. The van der Waals surface area contributed by atoms with Crippen LogP contribution in [0.15, 0.2) is 24.3 Å². The Morgan fingerprint density at radius 3 is 2.44 bits per heavy atom. The number of aliphatic hydroxyl groups is 1. The van der Waals surface area contributed by atoms with Crippen LogP contribution in [0.25, 0.3) is 0 Å². The average Bonchev–Trinajstić information content (AvgIpc) is 2.39. The second-order valence-electron chi connectivity index (χ2n) is 5.31. The fourth-order valence-electron chi connectivity index (χ4n) is 2.98. The fraction of sp³-hybridized carbons (Fsp3) is 0.533. The third kappa shape index (κ3) is 2.02. The van der Waals surface area contributed by atoms with Gasteiger partial charge >= 0.3 is 0 Å². The van der Waals surface area contributed by atoms with E-state index in [4.69, 9.17) is 11.6 Å². The smallest absolute Gasteiger partial charge is 0.107 e. The van der Waals surface area contributed by atoms with Gasteiger partial charge < -0.3 is 5.11 Å². The van der Waals surface area contributed by atoms with Crippen LogP contribution in [0.1, 0.15) is 44.6 Å². The van der Waals surface area contributed by atoms with Gasteiger partial charge in [-0.2, -0.15) is 5.26 Å². The van der Waals surface area contributed by atoms with Crippen molar-refractivity contribution in [2.24, 2.45) is 5.41 Å². The Hall–Kier alpha value is -1.04. The molecule has 0 saturated heterocycles. The lowest BCUT2D eigenvalue weighted by molar-refractivity contribution is -0.0633. The monoisotopic (exact) mass is 263 g/mol. The Balaban J connectivity index is 2.47. The van der Waals surface area contributed by atoms with Gasteiger partial charge in [-0.1, -0.05) is 49.1 Å². The summed E-state index contributed by atoms with van der Waals surface area (Å²) in [5, 5.41) is 21.0. The van der Waals surface area contributed by atoms with Gasteiger partial charge in [-0.3, -0.25) is 0 Å². The van der Waals surface area contributed by atoms with E-state index in [1.165, 1.54) is 0 Å². The maximum absolute atomic E-state index is 10.9. The number of hydrogen-bond acceptors (Lipinski definition) is 2. The summed E-state index contributed by atoms with van der Waals surface area (Å²) in [6.07, 6.45) is 4.60. The molecule has 1 aromatic rings. The predicted octanol–water partition coefficient (Wildman–Crippen LogP) is 4.02. The van der Waals surface area contributed by atoms with Crippen LogP contribution in [-0.4, -0.2) is 5.11 Å². The molecular weight excluding hydrogens is 246 g/mol. The molecule has 1 fully saturated rings. The van der Waals surface area contributed by atoms with Crippen molar-refractivity contribution in [3.8, 4) is 6.07 Å². The predicted molar refractivity (Wildman–Crippen MR) is 72.2 cm³/mol. The Morgan fingerprint density at radius 2 is 1.89 bits per heavy atom. The first kappa shape index (κ1) is 13.4. The Kier molecular flexibility index (Phi) is 3.66. The summed E-state index contributed by atoms with van der Waals surface area (Å²) in [5.74, 6) is 0. The highest BCUT2D eigenvalue weighted by atomic mass is 35.5. The zero-order valence-electron chi connectivity index (χ0n) is 10.6. The zero-order chi connectivity index (χ0) is 13.2. The molecular formula is C15H18ClNO. The molecule has 0 spiro atoms. The van der Waals surface area contributed by atoms with Crippen LogP contribution in [0, 0.1) is 16.7 Å². The molecule has 0 radical (unpaired) electrons. The Labute approximate surface area is 113 Å². The molecule has 1 saturated carbocycles. The summed E-state index contributed by atoms with van der Waals surface area (Å²) in [6, 6.07) is 9.64. The lowest BCUT2D eigenvalue weighted by atomic mass is 9.62. The van der Waals surface area contributed by atoms with E-state index in [1.54, 1.807) is 13.0 Å². The highest BCUT2D eigenvalue weighted by Crippen LogP contribution is 2.50. The van der Waals surface area contributed by atoms with Crippen molar-refractivity contribution in [1.82, 2.24) is 0 Å². The van der Waals surface area contributed by atoms with Gasteiger partial charge in [0, 0.05) is 10.6 Å². The van der Waals surface area contributed by atoms with Gasteiger partial charge in [-0.05, 0) is 25.8 Å². The molecule has 0 aliphatic heterocycles. The molecule has 1 atom stereocenters. The van der Waals surface area contributed by atoms with E-state index in [0.29, 0.717) is 10.6 Å². The van der Waals surface area contributed by atoms with Gasteiger partial charge in [0.25, 0.3) is 0 Å². The van der Waals surface area contributed by atoms with Crippen LogP contribution >= 0.6 is 11.6 Å². The van der Waals surface area contributed by atoms with Crippen LogP contribution < -0.4 is 0 Å². The van der Waals surface area contributed by atoms with Gasteiger partial charge in [-0.15, -0.1) is 0 Å². The van der Waals surface area contributed by atoms with E-state index in [9.17, 15) is 10.4 Å². The molecule has 0 heterocycles. The third-order valence-corrected chi connectivity index (χ3v) is 4.58. The Morgan fingerprint density at radius 1 is 1.28 bits per heavy atom. The zero-order valence-corrected chi connectivity index (χ0v) is 11.4. The normalized spacial score (nSPS) is 21.9. The van der Waals surface area contributed by atoms with Gasteiger partial charge in [0.05, 0.1) is 11.5 Å². The van der Waals surface area contributed by atoms with Gasteiger partial charge in [0.15, 0.2) is 0 Å². The summed E-state index contributed by atoms with van der Waals surface area (Å²) >= 11 is 6.18. The van der Waals surface area contributed by atoms with Crippen molar-refractivity contribution < 1.29 is 5.11 Å². The minimum Gasteiger partial charge on any atom is -0.384 e. The van der Waals surface area contributed by atoms with Crippen molar-refractivity contribution in [3.63, 3.8) is 0 Å². The van der Waals surface area contributed by atoms with Gasteiger partial charge in [0.2, 0.25) is 0 Å². The first-order valence-electron chi connectivity index (χ1n) is 6.42. The molecule has 18 heavy (non-hydrogen) atoms. The van der Waals surface area contributed by atoms with E-state index in [0.717, 1.165) is 32.1 Å². The summed E-state index contributed by atoms with van der Waals surface area (Å²) in [4.78, 5) is 0. The summed E-state index contributed by atoms with van der Waals surface area (Å²) in [7, 11) is 0. The highest BCUT2D eigenvalue weighted by molar-refractivity contribution is 6.31. The van der Waals surface area contributed by atoms with Crippen LogP contribution in [0.2, 0.25) is 5.02 Å². The largest absolute Gasteiger partial charge is 0.384 e. The molecule has 2 rings (SSSR count). The molecule has 0 amide bonds. The average molecular weight is 264 g/mol. The van der Waals surface area contributed by atoms with E-state index < -0.39 is 11.0 Å². The highest BCUT2D eigenvalue weighted by Gasteiger charge is 2.49. The molecule has 96 valence electrons. The van der Waals surface area contributed by atoms with Crippen molar-refractivity contribution in [2.45, 2.75) is 44.6 Å². The van der Waals surface area contributed by atoms with E-state index >= 15 is 0 Å². The topological polar surface area (TPSA) is 44.0 Å². The number of rotatable bonds is 2. The van der Waals surface area contributed by atoms with Crippen LogP contribution in [0.3, 0.4) is 0 Å². The third-order valence-electron chi connectivity index (χ3n) is 4.25. The van der Waals surface area contributed by atoms with E-state index in [1.807, 2.05) is 18.2 Å². The fourth-order valence-corrected chi connectivity index (χ4v) is 3.30. The lowest BCUT2D eigenvalue weighted by Crippen LogP contribution is -2.44. The van der Waals surface area contributed by atoms with Crippen molar-refractivity contribution >= 4 is 11.6 Å². The molecule has 1 unspecified atom stereocenters. The minimum atomic E-state index is -1.19.